The van der Waals surface area contributed by atoms with Crippen LogP contribution < -0.4 is 5.32 Å². The summed E-state index contributed by atoms with van der Waals surface area (Å²) in [4.78, 5) is 37.2. The van der Waals surface area contributed by atoms with Crippen LogP contribution in [0, 0.1) is 33.1 Å². The van der Waals surface area contributed by atoms with E-state index in [1.807, 2.05) is 0 Å². The van der Waals surface area contributed by atoms with Gasteiger partial charge < -0.3 is 9.73 Å². The lowest BCUT2D eigenvalue weighted by Crippen LogP contribution is -2.52. The fourth-order valence-electron chi connectivity index (χ4n) is 5.93. The van der Waals surface area contributed by atoms with Crippen LogP contribution in [0.3, 0.4) is 0 Å². The second-order valence-corrected chi connectivity index (χ2v) is 10.3. The van der Waals surface area contributed by atoms with Crippen molar-refractivity contribution in [3.8, 4) is 22.5 Å². The number of amides is 1. The molecule has 4 aromatic rings. The molecule has 38 heavy (non-hydrogen) atoms. The third-order valence-electron chi connectivity index (χ3n) is 7.83. The Kier molecular flexibility index (Phi) is 5.41. The number of nitro groups is 1. The molecule has 1 heterocycles. The van der Waals surface area contributed by atoms with E-state index < -0.39 is 28.2 Å². The van der Waals surface area contributed by atoms with Gasteiger partial charge in [0.15, 0.2) is 5.78 Å². The summed E-state index contributed by atoms with van der Waals surface area (Å²) in [5.74, 6) is -1.62. The van der Waals surface area contributed by atoms with Crippen molar-refractivity contribution in [3.63, 3.8) is 0 Å². The maximum Gasteiger partial charge on any atom is 0.283 e. The Hall–Kier alpha value is -4.40. The number of rotatable bonds is 7. The number of hydrogen-bond acceptors (Lipinski definition) is 5. The van der Waals surface area contributed by atoms with Gasteiger partial charge in [0.05, 0.1) is 27.5 Å². The summed E-state index contributed by atoms with van der Waals surface area (Å²) >= 11 is 0. The molecule has 1 amide bonds. The second-order valence-electron chi connectivity index (χ2n) is 10.3. The Morgan fingerprint density at radius 1 is 1.08 bits per heavy atom. The average Bonchev–Trinajstić information content (AvgIpc) is 3.25. The average molecular weight is 517 g/mol. The second kappa shape index (κ2) is 8.58. The van der Waals surface area contributed by atoms with Gasteiger partial charge in [-0.1, -0.05) is 18.2 Å². The van der Waals surface area contributed by atoms with Crippen LogP contribution in [0.25, 0.3) is 33.4 Å². The summed E-state index contributed by atoms with van der Waals surface area (Å²) in [6.07, 6.45) is 3.55. The number of carbonyl (C=O) groups excluding carboxylic acids is 2. The van der Waals surface area contributed by atoms with Gasteiger partial charge in [-0.05, 0) is 66.5 Å². The van der Waals surface area contributed by atoms with E-state index in [4.69, 9.17) is 4.42 Å². The summed E-state index contributed by atoms with van der Waals surface area (Å²) < 4.78 is 35.6. The number of carbonyl (C=O) groups is 2. The molecule has 1 aromatic heterocycles. The van der Waals surface area contributed by atoms with Crippen molar-refractivity contribution in [1.29, 1.82) is 0 Å². The largest absolute Gasteiger partial charge is 0.455 e. The fraction of sp³-hybridized carbons (Fsp3) is 0.241. The zero-order valence-corrected chi connectivity index (χ0v) is 20.3. The molecule has 0 saturated heterocycles. The molecule has 9 heteroatoms. The van der Waals surface area contributed by atoms with Gasteiger partial charge in [0.1, 0.15) is 23.0 Å². The van der Waals surface area contributed by atoms with Gasteiger partial charge in [-0.2, -0.15) is 0 Å². The van der Waals surface area contributed by atoms with E-state index in [0.29, 0.717) is 17.5 Å². The van der Waals surface area contributed by atoms with E-state index in [9.17, 15) is 24.1 Å². The highest BCUT2D eigenvalue weighted by atomic mass is 19.1. The lowest BCUT2D eigenvalue weighted by atomic mass is 9.43. The van der Waals surface area contributed by atoms with E-state index in [-0.39, 0.29) is 44.6 Å². The number of hydrogen-bond donors (Lipinski definition) is 1. The molecule has 3 saturated carbocycles. The third-order valence-corrected chi connectivity index (χ3v) is 7.83. The van der Waals surface area contributed by atoms with Gasteiger partial charge in [0.2, 0.25) is 0 Å². The molecule has 0 aliphatic heterocycles. The van der Waals surface area contributed by atoms with Crippen LogP contribution >= 0.6 is 0 Å². The van der Waals surface area contributed by atoms with E-state index >= 15 is 4.39 Å². The quantitative estimate of drug-likeness (QED) is 0.168. The maximum absolute atomic E-state index is 16.3. The summed E-state index contributed by atoms with van der Waals surface area (Å²) in [5.41, 5.74) is -0.416. The number of Topliss-reactive ketones (excluding diaryl/α,β-unsaturated/α-hetero) is 1. The number of nitrogens with zero attached hydrogens (tertiary/aromatic N) is 1. The fourth-order valence-corrected chi connectivity index (χ4v) is 5.93. The molecule has 2 bridgehead atoms. The lowest BCUT2D eigenvalue weighted by molar-refractivity contribution is -0.384. The van der Waals surface area contributed by atoms with Crippen LogP contribution in [0.1, 0.15) is 46.4 Å². The molecule has 1 N–H and O–H groups in total. The van der Waals surface area contributed by atoms with Crippen molar-refractivity contribution >= 4 is 28.3 Å². The predicted molar refractivity (Wildman–Crippen MR) is 136 cm³/mol. The van der Waals surface area contributed by atoms with Crippen molar-refractivity contribution < 1.29 is 27.7 Å². The van der Waals surface area contributed by atoms with Gasteiger partial charge in [-0.15, -0.1) is 0 Å². The first kappa shape index (κ1) is 24.0. The molecular formula is C29H22F2N2O5. The van der Waals surface area contributed by atoms with Crippen LogP contribution in [0.15, 0.2) is 59.0 Å². The van der Waals surface area contributed by atoms with Crippen molar-refractivity contribution in [3.05, 3.63) is 87.5 Å². The van der Waals surface area contributed by atoms with E-state index in [2.05, 4.69) is 5.32 Å². The first-order valence-corrected chi connectivity index (χ1v) is 12.2. The standard InChI is InChI=1S/C29H22F2N2O5/c1-32-28(35)25-24-22(38-27(25)16-5-7-19(30)8-6-16)10-20(33(36)37)23(26(24)31)18-4-2-3-17(9-18)21(34)14-29-11-15(12-29)13-29/h2-10,15H,11-14H2,1H3,(H,32,35). The highest BCUT2D eigenvalue weighted by Crippen LogP contribution is 2.66. The van der Waals surface area contributed by atoms with Crippen molar-refractivity contribution in [2.24, 2.45) is 11.3 Å². The number of nitro benzene ring substituents is 1. The minimum atomic E-state index is -1.02. The SMILES string of the molecule is CNC(=O)c1c(-c2ccc(F)cc2)oc2cc([N+](=O)[O-])c(-c3cccc(C(=O)CC45CC(C4)C5)c3)c(F)c12. The molecule has 3 aliphatic carbocycles. The monoisotopic (exact) mass is 516 g/mol. The van der Waals surface area contributed by atoms with Crippen LogP contribution in [0.4, 0.5) is 14.5 Å². The molecule has 0 unspecified atom stereocenters. The van der Waals surface area contributed by atoms with Crippen molar-refractivity contribution in [1.82, 2.24) is 5.32 Å². The number of nitrogens with one attached hydrogen (secondary N) is 1. The minimum absolute atomic E-state index is 0.0489. The Morgan fingerprint density at radius 3 is 2.39 bits per heavy atom. The summed E-state index contributed by atoms with van der Waals surface area (Å²) in [7, 11) is 1.36. The van der Waals surface area contributed by atoms with E-state index in [1.54, 1.807) is 12.1 Å². The molecule has 7 nitrogen and oxygen atoms in total. The molecule has 192 valence electrons. The zero-order valence-electron chi connectivity index (χ0n) is 20.3. The summed E-state index contributed by atoms with van der Waals surface area (Å²) in [6.45, 7) is 0. The van der Waals surface area contributed by atoms with Crippen molar-refractivity contribution in [2.45, 2.75) is 25.7 Å². The van der Waals surface area contributed by atoms with Crippen molar-refractivity contribution in [2.75, 3.05) is 7.05 Å². The Labute approximate surface area is 215 Å². The number of benzene rings is 3. The van der Waals surface area contributed by atoms with Gasteiger partial charge in [-0.3, -0.25) is 19.7 Å². The molecular weight excluding hydrogens is 494 g/mol. The molecule has 0 atom stereocenters. The molecule has 0 spiro atoms. The maximum atomic E-state index is 16.3. The first-order chi connectivity index (χ1) is 18.2. The summed E-state index contributed by atoms with van der Waals surface area (Å²) in [6, 6.07) is 12.3. The Balaban J connectivity index is 1.53. The smallest absolute Gasteiger partial charge is 0.283 e. The number of fused-ring (bicyclic) bond motifs is 1. The number of ketones is 1. The van der Waals surface area contributed by atoms with Crippen LogP contribution in [-0.2, 0) is 0 Å². The normalized spacial score (nSPS) is 19.5. The zero-order chi connectivity index (χ0) is 26.8. The molecule has 0 radical (unpaired) electrons. The summed E-state index contributed by atoms with van der Waals surface area (Å²) in [5, 5.41) is 14.3. The van der Waals surface area contributed by atoms with E-state index in [0.717, 1.165) is 43.4 Å². The Bertz CT molecular complexity index is 1640. The predicted octanol–water partition coefficient (Wildman–Crippen LogP) is 6.69. The highest BCUT2D eigenvalue weighted by Gasteiger charge is 2.56. The van der Waals surface area contributed by atoms with Gasteiger partial charge in [0, 0.05) is 24.6 Å². The topological polar surface area (TPSA) is 102 Å². The van der Waals surface area contributed by atoms with Crippen LogP contribution in [0.5, 0.6) is 0 Å². The first-order valence-electron chi connectivity index (χ1n) is 12.2. The molecule has 3 fully saturated rings. The highest BCUT2D eigenvalue weighted by molar-refractivity contribution is 6.13. The molecule has 7 rings (SSSR count). The van der Waals surface area contributed by atoms with Gasteiger partial charge >= 0.3 is 0 Å². The Morgan fingerprint density at radius 2 is 1.79 bits per heavy atom. The van der Waals surface area contributed by atoms with Crippen LogP contribution in [0.2, 0.25) is 0 Å². The minimum Gasteiger partial charge on any atom is -0.455 e. The van der Waals surface area contributed by atoms with E-state index in [1.165, 1.54) is 31.3 Å². The molecule has 3 aliphatic rings. The van der Waals surface area contributed by atoms with Gasteiger partial charge in [-0.25, -0.2) is 8.78 Å². The third kappa shape index (κ3) is 3.69. The van der Waals surface area contributed by atoms with Crippen LogP contribution in [-0.4, -0.2) is 23.7 Å². The lowest BCUT2D eigenvalue weighted by Gasteiger charge is -2.62. The molecule has 3 aromatic carbocycles. The number of halogens is 2. The van der Waals surface area contributed by atoms with Gasteiger partial charge in [0.25, 0.3) is 11.6 Å². The number of furan rings is 1.